The Balaban J connectivity index is 0.000000762. The number of unbranched alkanes of at least 4 members (excludes halogenated alkanes) is 1. The van der Waals surface area contributed by atoms with Gasteiger partial charge in [-0.2, -0.15) is 13.5 Å². The highest BCUT2D eigenvalue weighted by Gasteiger charge is 2.25. The lowest BCUT2D eigenvalue weighted by Crippen LogP contribution is -2.42. The fourth-order valence-corrected chi connectivity index (χ4v) is 7.15. The summed E-state index contributed by atoms with van der Waals surface area (Å²) >= 11 is 0. The van der Waals surface area contributed by atoms with Gasteiger partial charge in [0.15, 0.2) is 0 Å². The second kappa shape index (κ2) is 23.9. The van der Waals surface area contributed by atoms with Crippen LogP contribution in [0, 0.1) is 0 Å². The topological polar surface area (TPSA) is 222 Å². The number of aliphatic carboxylic acids is 1. The molecule has 0 spiro atoms. The number of anilines is 1. The van der Waals surface area contributed by atoms with Crippen LogP contribution in [0.25, 0.3) is 10.9 Å². The third-order valence-corrected chi connectivity index (χ3v) is 10.8. The summed E-state index contributed by atoms with van der Waals surface area (Å²) in [4.78, 5) is 57.0. The molecule has 0 aliphatic carbocycles. The van der Waals surface area contributed by atoms with Crippen molar-refractivity contribution in [1.82, 2.24) is 25.1 Å². The van der Waals surface area contributed by atoms with E-state index in [-0.39, 0.29) is 53.0 Å². The van der Waals surface area contributed by atoms with Crippen LogP contribution in [0.3, 0.4) is 0 Å². The maximum Gasteiger partial charge on any atom is 0.326 e. The number of carbonyl (C=O) groups excluding carboxylic acids is 3. The van der Waals surface area contributed by atoms with Crippen LogP contribution in [0.5, 0.6) is 0 Å². The molecule has 0 saturated heterocycles. The van der Waals surface area contributed by atoms with Gasteiger partial charge in [-0.05, 0) is 67.1 Å². The number of carboxylic acids is 1. The SMILES string of the molecule is CN(CCc1ccccc1)C(=O)Cn1c(C(=O)NC(CCCCNC(=O)c2ccc(NN=Cc3ccccc3S(=O)(=O)O)nc2)C(=O)O)cc2ccccc21.COCc1ccccc1. The van der Waals surface area contributed by atoms with Gasteiger partial charge in [-0.25, -0.2) is 9.78 Å². The number of nitrogens with one attached hydrogen (secondary N) is 3. The van der Waals surface area contributed by atoms with Crippen molar-refractivity contribution >= 4 is 56.7 Å². The molecule has 334 valence electrons. The minimum absolute atomic E-state index is 0.101. The van der Waals surface area contributed by atoms with Crippen LogP contribution < -0.4 is 16.1 Å². The smallest absolute Gasteiger partial charge is 0.326 e. The Hall–Kier alpha value is -7.21. The summed E-state index contributed by atoms with van der Waals surface area (Å²) in [7, 11) is -1.02. The summed E-state index contributed by atoms with van der Waals surface area (Å²) in [6, 6.07) is 36.4. The van der Waals surface area contributed by atoms with E-state index >= 15 is 0 Å². The summed E-state index contributed by atoms with van der Waals surface area (Å²) < 4.78 is 39.0. The minimum atomic E-state index is -4.43. The molecule has 0 aliphatic heterocycles. The Kier molecular flexibility index (Phi) is 17.8. The molecule has 0 bridgehead atoms. The number of hydrazone groups is 1. The van der Waals surface area contributed by atoms with Crippen LogP contribution in [0.4, 0.5) is 5.82 Å². The summed E-state index contributed by atoms with van der Waals surface area (Å²) in [5, 5.41) is 20.0. The van der Waals surface area contributed by atoms with Crippen LogP contribution in [0.15, 0.2) is 144 Å². The van der Waals surface area contributed by atoms with Crippen molar-refractivity contribution in [2.75, 3.05) is 32.7 Å². The van der Waals surface area contributed by atoms with Crippen molar-refractivity contribution in [2.45, 2.75) is 49.8 Å². The number of carbonyl (C=O) groups is 4. The third-order valence-electron chi connectivity index (χ3n) is 9.91. The van der Waals surface area contributed by atoms with Gasteiger partial charge in [0.1, 0.15) is 29.0 Å². The molecular weight excluding hydrogens is 839 g/mol. The van der Waals surface area contributed by atoms with E-state index in [1.807, 2.05) is 84.9 Å². The van der Waals surface area contributed by atoms with Crippen molar-refractivity contribution in [3.8, 4) is 0 Å². The standard InChI is InChI=1S/C39H41N7O8S.C8H10O/c1-45(22-20-27-11-3-2-4-12-27)36(47)26-46-32-16-7-5-13-28(32)23-33(46)38(49)43-31(39(50)51)15-9-10-21-40-37(48)30-18-19-35(41-24-30)44-42-25-29-14-6-8-17-34(29)55(52,53)54;1-9-7-8-5-3-2-4-6-8/h2-8,11-14,16-19,23-25,31H,9-10,15,20-22,26H2,1H3,(H,40,48)(H,41,44)(H,43,49)(H,50,51)(H,52,53,54);2-6H,7H2,1H3. The molecule has 16 nitrogen and oxygen atoms in total. The molecule has 1 atom stereocenters. The van der Waals surface area contributed by atoms with E-state index in [0.717, 1.165) is 10.9 Å². The molecule has 0 saturated carbocycles. The first-order chi connectivity index (χ1) is 30.8. The zero-order chi connectivity index (χ0) is 45.9. The Morgan fingerprint density at radius 1 is 0.859 bits per heavy atom. The maximum atomic E-state index is 13.5. The van der Waals surface area contributed by atoms with Crippen molar-refractivity contribution < 1.29 is 42.0 Å². The van der Waals surface area contributed by atoms with Gasteiger partial charge < -0.3 is 29.9 Å². The first-order valence-corrected chi connectivity index (χ1v) is 21.8. The molecule has 0 aliphatic rings. The fourth-order valence-electron chi connectivity index (χ4n) is 6.48. The predicted molar refractivity (Wildman–Crippen MR) is 244 cm³/mol. The lowest BCUT2D eigenvalue weighted by Gasteiger charge is -2.20. The molecule has 0 fully saturated rings. The summed E-state index contributed by atoms with van der Waals surface area (Å²) in [6.45, 7) is 1.34. The molecule has 2 heterocycles. The molecule has 3 amide bonds. The fraction of sp³-hybridized carbons (Fsp3) is 0.234. The molecular formula is C47H51N7O9S. The molecule has 1 unspecified atom stereocenters. The number of amides is 3. The first-order valence-electron chi connectivity index (χ1n) is 20.4. The molecule has 2 aromatic heterocycles. The highest BCUT2D eigenvalue weighted by atomic mass is 32.2. The number of carboxylic acid groups (broad SMARTS) is 1. The van der Waals surface area contributed by atoms with Crippen LogP contribution in [0.1, 0.15) is 56.8 Å². The Labute approximate surface area is 371 Å². The van der Waals surface area contributed by atoms with Crippen molar-refractivity contribution in [1.29, 1.82) is 0 Å². The minimum Gasteiger partial charge on any atom is -0.480 e. The maximum absolute atomic E-state index is 13.5. The Morgan fingerprint density at radius 2 is 1.53 bits per heavy atom. The number of likely N-dealkylation sites (N-methyl/N-ethyl adjacent to an activating group) is 1. The number of nitrogens with zero attached hydrogens (tertiary/aromatic N) is 4. The van der Waals surface area contributed by atoms with E-state index in [0.29, 0.717) is 37.9 Å². The molecule has 17 heteroatoms. The van der Waals surface area contributed by atoms with Gasteiger partial charge >= 0.3 is 5.97 Å². The molecule has 4 aromatic carbocycles. The van der Waals surface area contributed by atoms with Crippen molar-refractivity contribution in [2.24, 2.45) is 5.10 Å². The van der Waals surface area contributed by atoms with Gasteiger partial charge in [-0.1, -0.05) is 97.1 Å². The number of benzene rings is 4. The highest BCUT2D eigenvalue weighted by Crippen LogP contribution is 2.21. The second-order valence-corrected chi connectivity index (χ2v) is 16.0. The van der Waals surface area contributed by atoms with E-state index < -0.39 is 33.9 Å². The number of pyridine rings is 1. The van der Waals surface area contributed by atoms with Gasteiger partial charge in [0.25, 0.3) is 21.9 Å². The van der Waals surface area contributed by atoms with E-state index in [2.05, 4.69) is 26.1 Å². The number of methoxy groups -OCH3 is 1. The zero-order valence-electron chi connectivity index (χ0n) is 35.5. The average molecular weight is 890 g/mol. The summed E-state index contributed by atoms with van der Waals surface area (Å²) in [6.07, 6.45) is 4.13. The summed E-state index contributed by atoms with van der Waals surface area (Å²) in [5.41, 5.74) is 6.23. The monoisotopic (exact) mass is 889 g/mol. The van der Waals surface area contributed by atoms with Crippen molar-refractivity contribution in [3.05, 3.63) is 162 Å². The molecule has 6 aromatic rings. The Morgan fingerprint density at radius 3 is 2.20 bits per heavy atom. The van der Waals surface area contributed by atoms with Crippen LogP contribution in [0.2, 0.25) is 0 Å². The largest absolute Gasteiger partial charge is 0.480 e. The number of para-hydroxylation sites is 1. The average Bonchev–Trinajstić information content (AvgIpc) is 3.66. The van der Waals surface area contributed by atoms with Gasteiger partial charge in [-0.15, -0.1) is 0 Å². The third kappa shape index (κ3) is 14.4. The number of aromatic nitrogens is 2. The van der Waals surface area contributed by atoms with E-state index in [4.69, 9.17) is 4.74 Å². The van der Waals surface area contributed by atoms with Gasteiger partial charge in [-0.3, -0.25) is 24.4 Å². The predicted octanol–water partition coefficient (Wildman–Crippen LogP) is 6.05. The second-order valence-electron chi connectivity index (χ2n) is 14.6. The van der Waals surface area contributed by atoms with Crippen LogP contribution >= 0.6 is 0 Å². The Bertz CT molecular complexity index is 2620. The lowest BCUT2D eigenvalue weighted by atomic mass is 10.1. The molecule has 0 radical (unpaired) electrons. The number of hydrogen-bond donors (Lipinski definition) is 5. The van der Waals surface area contributed by atoms with E-state index in [1.165, 1.54) is 48.3 Å². The van der Waals surface area contributed by atoms with Gasteiger partial charge in [0.05, 0.1) is 18.4 Å². The van der Waals surface area contributed by atoms with Gasteiger partial charge in [0, 0.05) is 49.9 Å². The van der Waals surface area contributed by atoms with E-state index in [1.54, 1.807) is 35.8 Å². The van der Waals surface area contributed by atoms with Crippen LogP contribution in [-0.4, -0.2) is 95.7 Å². The van der Waals surface area contributed by atoms with E-state index in [9.17, 15) is 37.3 Å². The number of hydrogen-bond acceptors (Lipinski definition) is 10. The number of ether oxygens (including phenoxy) is 1. The number of rotatable bonds is 20. The highest BCUT2D eigenvalue weighted by molar-refractivity contribution is 7.86. The first kappa shape index (κ1) is 47.8. The zero-order valence-corrected chi connectivity index (χ0v) is 36.3. The lowest BCUT2D eigenvalue weighted by molar-refractivity contribution is -0.139. The van der Waals surface area contributed by atoms with Gasteiger partial charge in [0.2, 0.25) is 5.91 Å². The molecule has 5 N–H and O–H groups in total. The quantitative estimate of drug-likeness (QED) is 0.0257. The summed E-state index contributed by atoms with van der Waals surface area (Å²) in [5.74, 6) is -2.14. The van der Waals surface area contributed by atoms with Crippen molar-refractivity contribution in [3.63, 3.8) is 0 Å². The van der Waals surface area contributed by atoms with Crippen LogP contribution in [-0.2, 0) is 44.0 Å². The normalized spacial score (nSPS) is 11.6. The molecule has 6 rings (SSSR count). The molecule has 64 heavy (non-hydrogen) atoms. The number of fused-ring (bicyclic) bond motifs is 1.